The van der Waals surface area contributed by atoms with Gasteiger partial charge in [0.05, 0.1) is 6.54 Å². The zero-order chi connectivity index (χ0) is 9.90. The highest BCUT2D eigenvalue weighted by molar-refractivity contribution is 5.18. The molecule has 0 bridgehead atoms. The number of hydrogen-bond donors (Lipinski definition) is 0. The van der Waals surface area contributed by atoms with E-state index in [-0.39, 0.29) is 4.92 Å². The van der Waals surface area contributed by atoms with Crippen molar-refractivity contribution < 1.29 is 4.92 Å². The van der Waals surface area contributed by atoms with Gasteiger partial charge in [-0.1, -0.05) is 18.2 Å². The molecule has 0 saturated heterocycles. The third kappa shape index (κ3) is 2.15. The van der Waals surface area contributed by atoms with Crippen LogP contribution in [0.1, 0.15) is 6.42 Å². The lowest BCUT2D eigenvalue weighted by atomic mass is 9.91. The second-order valence-electron chi connectivity index (χ2n) is 3.59. The fourth-order valence-corrected chi connectivity index (χ4v) is 1.51. The van der Waals surface area contributed by atoms with Gasteiger partial charge in [-0.05, 0) is 20.2 Å². The highest BCUT2D eigenvalue weighted by atomic mass is 16.6. The largest absolute Gasteiger partial charge is 0.302 e. The van der Waals surface area contributed by atoms with E-state index < -0.39 is 5.54 Å². The lowest BCUT2D eigenvalue weighted by molar-refractivity contribution is -0.554. The molecule has 1 rings (SSSR count). The van der Waals surface area contributed by atoms with Crippen LogP contribution in [-0.4, -0.2) is 36.0 Å². The lowest BCUT2D eigenvalue weighted by Crippen LogP contribution is -2.45. The van der Waals surface area contributed by atoms with Crippen molar-refractivity contribution in [3.05, 3.63) is 34.4 Å². The summed E-state index contributed by atoms with van der Waals surface area (Å²) in [5.41, 5.74) is -0.918. The number of hydrogen-bond acceptors (Lipinski definition) is 3. The quantitative estimate of drug-likeness (QED) is 0.484. The first-order valence-corrected chi connectivity index (χ1v) is 4.20. The van der Waals surface area contributed by atoms with Gasteiger partial charge in [0.15, 0.2) is 0 Å². The van der Waals surface area contributed by atoms with Crippen molar-refractivity contribution in [1.29, 1.82) is 0 Å². The third-order valence-electron chi connectivity index (χ3n) is 2.08. The number of nitrogens with zero attached hydrogens (tertiary/aromatic N) is 2. The van der Waals surface area contributed by atoms with Gasteiger partial charge in [0.25, 0.3) is 5.54 Å². The molecule has 1 aliphatic carbocycles. The van der Waals surface area contributed by atoms with Gasteiger partial charge in [-0.25, -0.2) is 0 Å². The Balaban J connectivity index is 2.82. The molecular weight excluding hydrogens is 168 g/mol. The van der Waals surface area contributed by atoms with Crippen molar-refractivity contribution in [1.82, 2.24) is 4.90 Å². The highest BCUT2D eigenvalue weighted by Crippen LogP contribution is 2.22. The van der Waals surface area contributed by atoms with Gasteiger partial charge in [0.1, 0.15) is 0 Å². The second kappa shape index (κ2) is 3.70. The van der Waals surface area contributed by atoms with Crippen LogP contribution in [0.3, 0.4) is 0 Å². The summed E-state index contributed by atoms with van der Waals surface area (Å²) in [6.45, 7) is 0.445. The fraction of sp³-hybridized carbons (Fsp3) is 0.556. The molecule has 0 amide bonds. The molecule has 1 atom stereocenters. The fourth-order valence-electron chi connectivity index (χ4n) is 1.51. The molecule has 1 aliphatic rings. The van der Waals surface area contributed by atoms with E-state index in [0.29, 0.717) is 13.0 Å². The Kier molecular flexibility index (Phi) is 2.83. The van der Waals surface area contributed by atoms with Crippen molar-refractivity contribution in [3.8, 4) is 0 Å². The van der Waals surface area contributed by atoms with Gasteiger partial charge in [-0.15, -0.1) is 0 Å². The summed E-state index contributed by atoms with van der Waals surface area (Å²) in [6.07, 6.45) is 7.58. The topological polar surface area (TPSA) is 46.4 Å². The molecule has 0 spiro atoms. The first kappa shape index (κ1) is 9.92. The molecule has 72 valence electrons. The summed E-state index contributed by atoms with van der Waals surface area (Å²) in [6, 6.07) is 0. The molecule has 4 heteroatoms. The Morgan fingerprint density at radius 1 is 1.54 bits per heavy atom. The van der Waals surface area contributed by atoms with E-state index >= 15 is 0 Å². The van der Waals surface area contributed by atoms with E-state index in [1.165, 1.54) is 0 Å². The van der Waals surface area contributed by atoms with Crippen LogP contribution in [0.25, 0.3) is 0 Å². The van der Waals surface area contributed by atoms with Crippen LogP contribution < -0.4 is 0 Å². The van der Waals surface area contributed by atoms with Crippen LogP contribution in [0, 0.1) is 10.1 Å². The van der Waals surface area contributed by atoms with Gasteiger partial charge >= 0.3 is 0 Å². The molecule has 0 N–H and O–H groups in total. The van der Waals surface area contributed by atoms with Crippen LogP contribution in [0.2, 0.25) is 0 Å². The van der Waals surface area contributed by atoms with E-state index in [1.807, 2.05) is 31.1 Å². The number of rotatable bonds is 3. The van der Waals surface area contributed by atoms with Crippen LogP contribution in [0.5, 0.6) is 0 Å². The van der Waals surface area contributed by atoms with Crippen molar-refractivity contribution >= 4 is 0 Å². The Morgan fingerprint density at radius 3 is 2.62 bits per heavy atom. The van der Waals surface area contributed by atoms with Crippen molar-refractivity contribution in [2.24, 2.45) is 0 Å². The Bertz CT molecular complexity index is 258. The van der Waals surface area contributed by atoms with Crippen molar-refractivity contribution in [2.75, 3.05) is 20.6 Å². The Morgan fingerprint density at radius 2 is 2.23 bits per heavy atom. The van der Waals surface area contributed by atoms with Crippen LogP contribution in [-0.2, 0) is 0 Å². The minimum atomic E-state index is -0.918. The maximum atomic E-state index is 10.9. The lowest BCUT2D eigenvalue weighted by Gasteiger charge is -2.25. The molecule has 0 aromatic rings. The van der Waals surface area contributed by atoms with E-state index in [0.717, 1.165) is 0 Å². The van der Waals surface area contributed by atoms with Gasteiger partial charge in [-0.2, -0.15) is 0 Å². The predicted molar refractivity (Wildman–Crippen MR) is 51.2 cm³/mol. The van der Waals surface area contributed by atoms with Crippen LogP contribution in [0.15, 0.2) is 24.3 Å². The highest BCUT2D eigenvalue weighted by Gasteiger charge is 2.40. The smallest absolute Gasteiger partial charge is 0.256 e. The zero-order valence-electron chi connectivity index (χ0n) is 7.93. The SMILES string of the molecule is CN(C)CC1([N+](=O)[O-])C=CC=CC1. The molecule has 0 radical (unpaired) electrons. The van der Waals surface area contributed by atoms with Crippen LogP contribution >= 0.6 is 0 Å². The minimum Gasteiger partial charge on any atom is -0.302 e. The third-order valence-corrected chi connectivity index (χ3v) is 2.08. The van der Waals surface area contributed by atoms with E-state index in [9.17, 15) is 10.1 Å². The zero-order valence-corrected chi connectivity index (χ0v) is 7.93. The molecule has 0 saturated carbocycles. The summed E-state index contributed by atoms with van der Waals surface area (Å²) in [4.78, 5) is 12.5. The number of allylic oxidation sites excluding steroid dienone is 2. The summed E-state index contributed by atoms with van der Waals surface area (Å²) < 4.78 is 0. The van der Waals surface area contributed by atoms with E-state index in [2.05, 4.69) is 0 Å². The average molecular weight is 182 g/mol. The molecule has 0 fully saturated rings. The second-order valence-corrected chi connectivity index (χ2v) is 3.59. The van der Waals surface area contributed by atoms with Gasteiger partial charge < -0.3 is 4.90 Å². The van der Waals surface area contributed by atoms with Crippen LogP contribution in [0.4, 0.5) is 0 Å². The van der Waals surface area contributed by atoms with Crippen molar-refractivity contribution in [2.45, 2.75) is 12.0 Å². The number of likely N-dealkylation sites (N-methyl/N-ethyl adjacent to an activating group) is 1. The monoisotopic (exact) mass is 182 g/mol. The molecule has 0 aliphatic heterocycles. The maximum Gasteiger partial charge on any atom is 0.256 e. The molecule has 0 heterocycles. The first-order chi connectivity index (χ1) is 6.07. The van der Waals surface area contributed by atoms with Gasteiger partial charge in [0, 0.05) is 11.3 Å². The van der Waals surface area contributed by atoms with Gasteiger partial charge in [-0.3, -0.25) is 10.1 Å². The van der Waals surface area contributed by atoms with E-state index in [4.69, 9.17) is 0 Å². The molecule has 0 aromatic carbocycles. The maximum absolute atomic E-state index is 10.9. The Hall–Kier alpha value is -1.16. The molecule has 13 heavy (non-hydrogen) atoms. The first-order valence-electron chi connectivity index (χ1n) is 4.20. The standard InChI is InChI=1S/C9H14N2O2/c1-10(2)8-9(11(12)13)6-4-3-5-7-9/h3-6H,7-8H2,1-2H3. The number of nitro groups is 1. The molecule has 1 unspecified atom stereocenters. The normalized spacial score (nSPS) is 26.7. The average Bonchev–Trinajstić information content (AvgIpc) is 2.04. The van der Waals surface area contributed by atoms with Gasteiger partial charge in [0.2, 0.25) is 0 Å². The summed E-state index contributed by atoms with van der Waals surface area (Å²) in [5.74, 6) is 0. The summed E-state index contributed by atoms with van der Waals surface area (Å²) >= 11 is 0. The molecular formula is C9H14N2O2. The molecule has 0 aromatic heterocycles. The van der Waals surface area contributed by atoms with Crippen molar-refractivity contribution in [3.63, 3.8) is 0 Å². The summed E-state index contributed by atoms with van der Waals surface area (Å²) in [7, 11) is 3.69. The Labute approximate surface area is 77.7 Å². The summed E-state index contributed by atoms with van der Waals surface area (Å²) in [5, 5.41) is 10.9. The predicted octanol–water partition coefficient (Wildman–Crippen LogP) is 1.08. The van der Waals surface area contributed by atoms with E-state index in [1.54, 1.807) is 12.2 Å². The molecule has 4 nitrogen and oxygen atoms in total. The minimum absolute atomic E-state index is 0.201.